The highest BCUT2D eigenvalue weighted by Crippen LogP contribution is 2.27. The first kappa shape index (κ1) is 15.4. The van der Waals surface area contributed by atoms with Gasteiger partial charge in [0.15, 0.2) is 0 Å². The third-order valence-corrected chi connectivity index (χ3v) is 3.77. The number of alkyl halides is 2. The molecule has 0 aliphatic heterocycles. The molecule has 112 valence electrons. The molecule has 2 aromatic rings. The van der Waals surface area contributed by atoms with Gasteiger partial charge in [-0.25, -0.2) is 18.4 Å². The van der Waals surface area contributed by atoms with Crippen molar-refractivity contribution < 1.29 is 21.9 Å². The summed E-state index contributed by atoms with van der Waals surface area (Å²) in [5.41, 5.74) is -0.132. The lowest BCUT2D eigenvalue weighted by molar-refractivity contribution is -0.0493. The number of hydrogen-bond acceptors (Lipinski definition) is 5. The van der Waals surface area contributed by atoms with Gasteiger partial charge in [-0.15, -0.1) is 0 Å². The summed E-state index contributed by atoms with van der Waals surface area (Å²) in [4.78, 5) is 6.82. The lowest BCUT2D eigenvalue weighted by Crippen LogP contribution is -2.15. The van der Waals surface area contributed by atoms with Crippen LogP contribution in [0.3, 0.4) is 0 Å². The zero-order valence-corrected chi connectivity index (χ0v) is 11.8. The second kappa shape index (κ2) is 6.19. The first-order valence-corrected chi connectivity index (χ1v) is 7.29. The lowest BCUT2D eigenvalue weighted by Gasteiger charge is -2.12. The number of nitrogens with one attached hydrogen (secondary N) is 1. The van der Waals surface area contributed by atoms with E-state index >= 15 is 0 Å². The van der Waals surface area contributed by atoms with Crippen LogP contribution < -0.4 is 9.46 Å². The van der Waals surface area contributed by atoms with Crippen molar-refractivity contribution in [2.24, 2.45) is 0 Å². The number of nitrogens with zero attached hydrogens (tertiary/aromatic N) is 2. The molecule has 1 heterocycles. The third-order valence-electron chi connectivity index (χ3n) is 2.25. The highest BCUT2D eigenvalue weighted by atomic mass is 35.5. The molecule has 0 aliphatic carbocycles. The van der Waals surface area contributed by atoms with E-state index in [1.807, 2.05) is 0 Å². The van der Waals surface area contributed by atoms with Crippen LogP contribution >= 0.6 is 11.6 Å². The second-order valence-electron chi connectivity index (χ2n) is 3.67. The van der Waals surface area contributed by atoms with Gasteiger partial charge in [0.1, 0.15) is 10.6 Å². The fourth-order valence-corrected chi connectivity index (χ4v) is 2.45. The lowest BCUT2D eigenvalue weighted by atomic mass is 10.3. The maximum absolute atomic E-state index is 12.3. The zero-order chi connectivity index (χ0) is 15.5. The highest BCUT2D eigenvalue weighted by Gasteiger charge is 2.18. The zero-order valence-electron chi connectivity index (χ0n) is 10.2. The van der Waals surface area contributed by atoms with Crippen molar-refractivity contribution in [1.29, 1.82) is 0 Å². The van der Waals surface area contributed by atoms with Gasteiger partial charge in [-0.3, -0.25) is 4.72 Å². The van der Waals surface area contributed by atoms with Gasteiger partial charge in [0.05, 0.1) is 18.1 Å². The molecule has 0 unspecified atom stereocenters. The van der Waals surface area contributed by atoms with Crippen molar-refractivity contribution in [3.8, 4) is 5.75 Å². The number of ether oxygens (including phenoxy) is 1. The van der Waals surface area contributed by atoms with Crippen LogP contribution in [0.5, 0.6) is 5.75 Å². The molecule has 0 spiro atoms. The van der Waals surface area contributed by atoms with Crippen molar-refractivity contribution in [3.05, 3.63) is 41.9 Å². The molecule has 1 aromatic heterocycles. The fourth-order valence-electron chi connectivity index (χ4n) is 1.39. The number of aromatic nitrogens is 2. The quantitative estimate of drug-likeness (QED) is 0.849. The van der Waals surface area contributed by atoms with E-state index in [1.54, 1.807) is 0 Å². The van der Waals surface area contributed by atoms with Gasteiger partial charge in [-0.2, -0.15) is 8.78 Å². The Morgan fingerprint density at radius 3 is 2.43 bits per heavy atom. The first-order valence-electron chi connectivity index (χ1n) is 5.43. The van der Waals surface area contributed by atoms with E-state index in [0.717, 1.165) is 12.4 Å². The van der Waals surface area contributed by atoms with Crippen LogP contribution in [0.15, 0.2) is 41.6 Å². The van der Waals surface area contributed by atoms with Gasteiger partial charge in [0, 0.05) is 0 Å². The van der Waals surface area contributed by atoms with Gasteiger partial charge in [0.25, 0.3) is 10.0 Å². The minimum atomic E-state index is -4.05. The van der Waals surface area contributed by atoms with Crippen LogP contribution in [0, 0.1) is 0 Å². The van der Waals surface area contributed by atoms with Crippen LogP contribution in [0.25, 0.3) is 0 Å². The number of hydrogen-bond donors (Lipinski definition) is 1. The molecule has 1 aromatic carbocycles. The number of sulfonamides is 1. The molecule has 0 bridgehead atoms. The minimum Gasteiger partial charge on any atom is -0.433 e. The molecule has 0 aliphatic rings. The predicted octanol–water partition coefficient (Wildman–Crippen LogP) is 2.53. The largest absolute Gasteiger partial charge is 0.433 e. The number of halogens is 3. The topological polar surface area (TPSA) is 81.2 Å². The van der Waals surface area contributed by atoms with Gasteiger partial charge >= 0.3 is 6.61 Å². The van der Waals surface area contributed by atoms with E-state index in [4.69, 9.17) is 11.6 Å². The Morgan fingerprint density at radius 2 is 1.81 bits per heavy atom. The van der Waals surface area contributed by atoms with Gasteiger partial charge in [-0.05, 0) is 23.7 Å². The molecule has 0 amide bonds. The van der Waals surface area contributed by atoms with E-state index in [2.05, 4.69) is 19.4 Å². The molecule has 21 heavy (non-hydrogen) atoms. The smallest absolute Gasteiger partial charge is 0.387 e. The van der Waals surface area contributed by atoms with E-state index in [0.29, 0.717) is 0 Å². The Hall–Kier alpha value is -2.00. The van der Waals surface area contributed by atoms with Crippen molar-refractivity contribution >= 4 is 27.3 Å². The Balaban J connectivity index is 2.30. The maximum Gasteiger partial charge on any atom is 0.387 e. The summed E-state index contributed by atoms with van der Waals surface area (Å²) in [6.07, 6.45) is 1.99. The van der Waals surface area contributed by atoms with E-state index in [-0.39, 0.29) is 21.6 Å². The van der Waals surface area contributed by atoms with Crippen LogP contribution in [0.2, 0.25) is 5.28 Å². The Bertz CT molecular complexity index is 726. The molecule has 2 rings (SSSR count). The van der Waals surface area contributed by atoms with Crippen molar-refractivity contribution in [2.45, 2.75) is 11.5 Å². The van der Waals surface area contributed by atoms with Gasteiger partial charge < -0.3 is 4.74 Å². The standard InChI is InChI=1S/C11H8ClF2N3O3S/c12-10-15-5-7(6-16-10)21(18,19)17-8-3-1-2-4-9(8)20-11(13)14/h1-6,11,17H. The van der Waals surface area contributed by atoms with Crippen LogP contribution in [-0.2, 0) is 10.0 Å². The molecule has 0 fully saturated rings. The summed E-state index contributed by atoms with van der Waals surface area (Å²) in [6, 6.07) is 5.39. The summed E-state index contributed by atoms with van der Waals surface area (Å²) in [5.74, 6) is -0.300. The average molecular weight is 336 g/mol. The predicted molar refractivity (Wildman–Crippen MR) is 70.9 cm³/mol. The van der Waals surface area contributed by atoms with Crippen molar-refractivity contribution in [3.63, 3.8) is 0 Å². The first-order chi connectivity index (χ1) is 9.88. The van der Waals surface area contributed by atoms with E-state index in [1.165, 1.54) is 24.3 Å². The molecule has 10 heteroatoms. The number of benzene rings is 1. The molecular weight excluding hydrogens is 328 g/mol. The molecule has 0 saturated carbocycles. The van der Waals surface area contributed by atoms with Crippen molar-refractivity contribution in [2.75, 3.05) is 4.72 Å². The van der Waals surface area contributed by atoms with E-state index in [9.17, 15) is 17.2 Å². The SMILES string of the molecule is O=S(=O)(Nc1ccccc1OC(F)F)c1cnc(Cl)nc1. The molecule has 1 N–H and O–H groups in total. The molecule has 6 nitrogen and oxygen atoms in total. The minimum absolute atomic E-state index is 0.115. The summed E-state index contributed by atoms with van der Waals surface area (Å²) < 4.78 is 55.0. The number of anilines is 1. The summed E-state index contributed by atoms with van der Waals surface area (Å²) in [7, 11) is -4.05. The number of rotatable bonds is 5. The normalized spacial score (nSPS) is 11.4. The average Bonchev–Trinajstić information content (AvgIpc) is 2.40. The van der Waals surface area contributed by atoms with Gasteiger partial charge in [-0.1, -0.05) is 12.1 Å². The Labute approximate surface area is 123 Å². The monoisotopic (exact) mass is 335 g/mol. The number of para-hydroxylation sites is 2. The van der Waals surface area contributed by atoms with Crippen molar-refractivity contribution in [1.82, 2.24) is 9.97 Å². The fraction of sp³-hybridized carbons (Fsp3) is 0.0909. The van der Waals surface area contributed by atoms with Crippen LogP contribution in [0.4, 0.5) is 14.5 Å². The summed E-state index contributed by atoms with van der Waals surface area (Å²) in [5, 5.41) is -0.115. The highest BCUT2D eigenvalue weighted by molar-refractivity contribution is 7.92. The molecular formula is C11H8ClF2N3O3S. The van der Waals surface area contributed by atoms with Gasteiger partial charge in [0.2, 0.25) is 5.28 Å². The Morgan fingerprint density at radius 1 is 1.19 bits per heavy atom. The second-order valence-corrected chi connectivity index (χ2v) is 5.69. The molecule has 0 atom stereocenters. The molecule has 0 radical (unpaired) electrons. The van der Waals surface area contributed by atoms with Crippen LogP contribution in [0.1, 0.15) is 0 Å². The maximum atomic E-state index is 12.3. The van der Waals surface area contributed by atoms with Crippen LogP contribution in [-0.4, -0.2) is 25.0 Å². The third kappa shape index (κ3) is 3.99. The summed E-state index contributed by atoms with van der Waals surface area (Å²) >= 11 is 5.46. The summed E-state index contributed by atoms with van der Waals surface area (Å²) in [6.45, 7) is -3.07. The van der Waals surface area contributed by atoms with E-state index < -0.39 is 16.6 Å². The molecule has 0 saturated heterocycles. The Kier molecular flexibility index (Phi) is 4.53.